The molecule has 1 heterocycles. The maximum atomic E-state index is 14.1. The Morgan fingerprint density at radius 3 is 2.60 bits per heavy atom. The van der Waals surface area contributed by atoms with E-state index in [1.54, 1.807) is 36.4 Å². The largest absolute Gasteiger partial charge is 0.493 e. The first-order chi connectivity index (χ1) is 16.8. The number of imide groups is 1. The number of ether oxygens (including phenoxy) is 2. The van der Waals surface area contributed by atoms with Gasteiger partial charge in [-0.15, -0.1) is 0 Å². The lowest BCUT2D eigenvalue weighted by molar-refractivity contribution is -0.123. The highest BCUT2D eigenvalue weighted by molar-refractivity contribution is 14.1. The third kappa shape index (κ3) is 5.52. The first kappa shape index (κ1) is 25.2. The maximum absolute atomic E-state index is 14.1. The van der Waals surface area contributed by atoms with E-state index in [1.807, 2.05) is 6.07 Å². The molecule has 35 heavy (non-hydrogen) atoms. The summed E-state index contributed by atoms with van der Waals surface area (Å²) in [6.45, 7) is -0.274. The molecule has 0 radical (unpaired) electrons. The van der Waals surface area contributed by atoms with Gasteiger partial charge in [0.2, 0.25) is 0 Å². The number of hydrogen-bond donors (Lipinski definition) is 0. The van der Waals surface area contributed by atoms with Gasteiger partial charge in [-0.3, -0.25) is 14.5 Å². The normalized spacial score (nSPS) is 14.5. The Hall–Kier alpha value is -2.89. The summed E-state index contributed by atoms with van der Waals surface area (Å²) in [6.07, 6.45) is 1.52. The van der Waals surface area contributed by atoms with Gasteiger partial charge >= 0.3 is 5.97 Å². The van der Waals surface area contributed by atoms with Gasteiger partial charge in [0.05, 0.1) is 24.1 Å². The van der Waals surface area contributed by atoms with Crippen LogP contribution in [0.3, 0.4) is 0 Å². The maximum Gasteiger partial charge on any atom is 0.344 e. The minimum atomic E-state index is -0.597. The molecular weight excluding hydrogens is 608 g/mol. The molecule has 1 saturated heterocycles. The van der Waals surface area contributed by atoms with Crippen molar-refractivity contribution in [3.63, 3.8) is 0 Å². The molecule has 0 aliphatic carbocycles. The van der Waals surface area contributed by atoms with Crippen molar-refractivity contribution in [2.45, 2.75) is 6.54 Å². The molecule has 4 rings (SSSR count). The molecule has 2 amide bonds. The number of hydrogen-bond acceptors (Lipinski definition) is 6. The van der Waals surface area contributed by atoms with Crippen LogP contribution in [0, 0.1) is 9.39 Å². The SMILES string of the molecule is COc1cc(/C=C2\SC(=O)N(Cc3c(F)cccc3Cl)C2=O)ccc1OC(=O)c1ccccc1I. The fourth-order valence-electron chi connectivity index (χ4n) is 3.27. The van der Waals surface area contributed by atoms with Gasteiger partial charge in [0.1, 0.15) is 5.82 Å². The van der Waals surface area contributed by atoms with Crippen LogP contribution in [0.5, 0.6) is 11.5 Å². The van der Waals surface area contributed by atoms with Crippen molar-refractivity contribution < 1.29 is 28.2 Å². The van der Waals surface area contributed by atoms with Gasteiger partial charge in [-0.25, -0.2) is 9.18 Å². The number of carbonyl (C=O) groups is 3. The second-order valence-electron chi connectivity index (χ2n) is 7.25. The average Bonchev–Trinajstić information content (AvgIpc) is 3.09. The first-order valence-corrected chi connectivity index (χ1v) is 12.4. The van der Waals surface area contributed by atoms with Crippen LogP contribution in [-0.4, -0.2) is 29.1 Å². The van der Waals surface area contributed by atoms with Crippen LogP contribution in [0.25, 0.3) is 6.08 Å². The molecule has 178 valence electrons. The zero-order valence-corrected chi connectivity index (χ0v) is 21.8. The summed E-state index contributed by atoms with van der Waals surface area (Å²) in [5, 5.41) is -0.399. The molecule has 0 unspecified atom stereocenters. The monoisotopic (exact) mass is 623 g/mol. The number of thioether (sulfide) groups is 1. The number of halogens is 3. The van der Waals surface area contributed by atoms with Gasteiger partial charge < -0.3 is 9.47 Å². The van der Waals surface area contributed by atoms with Crippen LogP contribution < -0.4 is 9.47 Å². The standard InChI is InChI=1S/C25H16ClFINO5S/c1-33-21-11-14(9-10-20(21)34-24(31)15-5-2-3-8-19(15)28)12-22-23(30)29(25(32)35-22)13-16-17(26)6-4-7-18(16)27/h2-12H,13H2,1H3/b22-12-. The van der Waals surface area contributed by atoms with Crippen LogP contribution in [0.4, 0.5) is 9.18 Å². The summed E-state index contributed by atoms with van der Waals surface area (Å²) >= 11 is 8.83. The van der Waals surface area contributed by atoms with Crippen molar-refractivity contribution in [3.05, 3.63) is 96.7 Å². The summed E-state index contributed by atoms with van der Waals surface area (Å²) in [5.74, 6) is -1.21. The van der Waals surface area contributed by atoms with Gasteiger partial charge in [-0.1, -0.05) is 35.9 Å². The predicted molar refractivity (Wildman–Crippen MR) is 140 cm³/mol. The second-order valence-corrected chi connectivity index (χ2v) is 9.81. The molecule has 0 saturated carbocycles. The number of carbonyl (C=O) groups excluding carboxylic acids is 3. The van der Waals surface area contributed by atoms with Crippen LogP contribution in [0.1, 0.15) is 21.5 Å². The number of amides is 2. The van der Waals surface area contributed by atoms with Crippen molar-refractivity contribution in [1.82, 2.24) is 4.90 Å². The van der Waals surface area contributed by atoms with Crippen molar-refractivity contribution in [2.24, 2.45) is 0 Å². The summed E-state index contributed by atoms with van der Waals surface area (Å²) in [5.41, 5.74) is 1.03. The van der Waals surface area contributed by atoms with Gasteiger partial charge in [0, 0.05) is 14.2 Å². The van der Waals surface area contributed by atoms with E-state index in [0.29, 0.717) is 11.1 Å². The van der Waals surface area contributed by atoms with E-state index in [0.717, 1.165) is 20.2 Å². The van der Waals surface area contributed by atoms with Gasteiger partial charge in [0.25, 0.3) is 11.1 Å². The summed E-state index contributed by atoms with van der Waals surface area (Å²) < 4.78 is 25.7. The molecule has 0 bridgehead atoms. The number of nitrogens with zero attached hydrogens (tertiary/aromatic N) is 1. The smallest absolute Gasteiger partial charge is 0.344 e. The number of rotatable bonds is 6. The van der Waals surface area contributed by atoms with Crippen LogP contribution in [0.15, 0.2) is 65.6 Å². The Labute approximate surface area is 223 Å². The fraction of sp³-hybridized carbons (Fsp3) is 0.0800. The van der Waals surface area contributed by atoms with Crippen molar-refractivity contribution in [2.75, 3.05) is 7.11 Å². The number of benzene rings is 3. The summed E-state index contributed by atoms with van der Waals surface area (Å²) in [4.78, 5) is 39.0. The van der Waals surface area contributed by atoms with Gasteiger partial charge in [-0.05, 0) is 82.4 Å². The van der Waals surface area contributed by atoms with E-state index < -0.39 is 22.9 Å². The molecule has 1 aliphatic rings. The van der Waals surface area contributed by atoms with E-state index in [2.05, 4.69) is 22.6 Å². The van der Waals surface area contributed by atoms with E-state index in [9.17, 15) is 18.8 Å². The molecule has 6 nitrogen and oxygen atoms in total. The van der Waals surface area contributed by atoms with E-state index in [-0.39, 0.29) is 33.5 Å². The molecule has 3 aromatic carbocycles. The molecule has 1 aliphatic heterocycles. The first-order valence-electron chi connectivity index (χ1n) is 10.1. The minimum Gasteiger partial charge on any atom is -0.493 e. The third-order valence-corrected chi connectivity index (χ3v) is 7.24. The van der Waals surface area contributed by atoms with Crippen LogP contribution in [-0.2, 0) is 11.3 Å². The molecule has 0 spiro atoms. The molecular formula is C25H16ClFINO5S. The lowest BCUT2D eigenvalue weighted by Crippen LogP contribution is -2.28. The zero-order valence-electron chi connectivity index (χ0n) is 18.1. The van der Waals surface area contributed by atoms with Crippen LogP contribution >= 0.6 is 46.0 Å². The topological polar surface area (TPSA) is 72.9 Å². The van der Waals surface area contributed by atoms with Gasteiger partial charge in [0.15, 0.2) is 11.5 Å². The second kappa shape index (κ2) is 10.8. The quantitative estimate of drug-likeness (QED) is 0.134. The van der Waals surface area contributed by atoms with Crippen molar-refractivity contribution >= 4 is 69.1 Å². The lowest BCUT2D eigenvalue weighted by atomic mass is 10.1. The minimum absolute atomic E-state index is 0.0682. The lowest BCUT2D eigenvalue weighted by Gasteiger charge is -2.14. The highest BCUT2D eigenvalue weighted by Gasteiger charge is 2.36. The predicted octanol–water partition coefficient (Wildman–Crippen LogP) is 6.55. The number of esters is 1. The molecule has 10 heteroatoms. The molecule has 0 aromatic heterocycles. The Bertz CT molecular complexity index is 1360. The number of methoxy groups -OCH3 is 1. The Kier molecular flexibility index (Phi) is 7.78. The van der Waals surface area contributed by atoms with Crippen molar-refractivity contribution in [1.29, 1.82) is 0 Å². The molecule has 3 aromatic rings. The molecule has 1 fully saturated rings. The van der Waals surface area contributed by atoms with Crippen LogP contribution in [0.2, 0.25) is 5.02 Å². The summed E-state index contributed by atoms with van der Waals surface area (Å²) in [7, 11) is 1.43. The Morgan fingerprint density at radius 1 is 1.11 bits per heavy atom. The van der Waals surface area contributed by atoms with Gasteiger partial charge in [-0.2, -0.15) is 0 Å². The Balaban J connectivity index is 1.54. The summed E-state index contributed by atoms with van der Waals surface area (Å²) in [6, 6.07) is 15.9. The highest BCUT2D eigenvalue weighted by Crippen LogP contribution is 2.36. The van der Waals surface area contributed by atoms with E-state index in [1.165, 1.54) is 31.4 Å². The van der Waals surface area contributed by atoms with E-state index >= 15 is 0 Å². The van der Waals surface area contributed by atoms with E-state index in [4.69, 9.17) is 21.1 Å². The highest BCUT2D eigenvalue weighted by atomic mass is 127. The molecule has 0 atom stereocenters. The fourth-order valence-corrected chi connectivity index (χ4v) is 4.94. The molecule has 0 N–H and O–H groups in total. The van der Waals surface area contributed by atoms with Crippen molar-refractivity contribution in [3.8, 4) is 11.5 Å². The average molecular weight is 624 g/mol. The zero-order chi connectivity index (χ0) is 25.1. The Morgan fingerprint density at radius 2 is 1.89 bits per heavy atom. The third-order valence-electron chi connectivity index (χ3n) is 5.03.